The molecule has 4 aromatic rings. The summed E-state index contributed by atoms with van der Waals surface area (Å²) in [5.74, 6) is 1.22. The molecule has 0 saturated carbocycles. The number of hydrogen-bond donors (Lipinski definition) is 1. The molecular formula is C26H25ClN2O3. The maximum Gasteiger partial charge on any atom is 0.262 e. The highest BCUT2D eigenvalue weighted by Gasteiger charge is 2.13. The van der Waals surface area contributed by atoms with E-state index in [0.29, 0.717) is 33.9 Å². The zero-order chi connectivity index (χ0) is 22.7. The molecule has 0 aliphatic rings. The number of hydrogen-bond acceptors (Lipinski definition) is 4. The second kappa shape index (κ2) is 9.45. The number of carbonyl (C=O) groups excluding carboxylic acids is 1. The predicted molar refractivity (Wildman–Crippen MR) is 128 cm³/mol. The number of amides is 1. The van der Waals surface area contributed by atoms with E-state index < -0.39 is 0 Å². The quantitative estimate of drug-likeness (QED) is 0.335. The summed E-state index contributed by atoms with van der Waals surface area (Å²) in [6.07, 6.45) is 0.953. The van der Waals surface area contributed by atoms with Gasteiger partial charge in [-0.1, -0.05) is 50.6 Å². The lowest BCUT2D eigenvalue weighted by atomic mass is 10.0. The Morgan fingerprint density at radius 3 is 2.59 bits per heavy atom. The topological polar surface area (TPSA) is 64.4 Å². The van der Waals surface area contributed by atoms with Crippen molar-refractivity contribution in [2.75, 3.05) is 11.9 Å². The second-order valence-electron chi connectivity index (χ2n) is 7.93. The van der Waals surface area contributed by atoms with Crippen LogP contribution in [0.4, 0.5) is 5.69 Å². The van der Waals surface area contributed by atoms with Crippen LogP contribution in [-0.4, -0.2) is 17.5 Å². The minimum absolute atomic E-state index is 0.118. The number of rotatable bonds is 7. The first-order valence-corrected chi connectivity index (χ1v) is 11.0. The molecule has 0 bridgehead atoms. The van der Waals surface area contributed by atoms with E-state index >= 15 is 0 Å². The number of oxazole rings is 1. The zero-order valence-corrected chi connectivity index (χ0v) is 19.1. The van der Waals surface area contributed by atoms with Crippen LogP contribution >= 0.6 is 11.6 Å². The summed E-state index contributed by atoms with van der Waals surface area (Å²) in [6.45, 7) is 6.25. The minimum Gasteiger partial charge on any atom is -0.484 e. The lowest BCUT2D eigenvalue weighted by Crippen LogP contribution is -2.20. The first-order chi connectivity index (χ1) is 15.4. The molecule has 5 nitrogen and oxygen atoms in total. The molecule has 1 heterocycles. The van der Waals surface area contributed by atoms with Gasteiger partial charge in [0.2, 0.25) is 5.89 Å². The Bertz CT molecular complexity index is 1250. The van der Waals surface area contributed by atoms with Gasteiger partial charge in [-0.25, -0.2) is 4.98 Å². The average Bonchev–Trinajstić information content (AvgIpc) is 3.23. The lowest BCUT2D eigenvalue weighted by Gasteiger charge is -2.10. The Labute approximate surface area is 192 Å². The van der Waals surface area contributed by atoms with Crippen molar-refractivity contribution in [1.82, 2.24) is 4.98 Å². The molecule has 1 aromatic heterocycles. The second-order valence-corrected chi connectivity index (χ2v) is 8.34. The largest absolute Gasteiger partial charge is 0.484 e. The van der Waals surface area contributed by atoms with Crippen LogP contribution < -0.4 is 10.1 Å². The number of fused-ring (bicyclic) bond motifs is 1. The van der Waals surface area contributed by atoms with Crippen molar-refractivity contribution >= 4 is 34.3 Å². The predicted octanol–water partition coefficient (Wildman–Crippen LogP) is 6.85. The van der Waals surface area contributed by atoms with Crippen molar-refractivity contribution in [3.8, 4) is 17.2 Å². The monoisotopic (exact) mass is 448 g/mol. The third-order valence-corrected chi connectivity index (χ3v) is 5.60. The fourth-order valence-corrected chi connectivity index (χ4v) is 3.50. The maximum atomic E-state index is 12.4. The van der Waals surface area contributed by atoms with Crippen LogP contribution in [0.3, 0.4) is 0 Å². The molecular weight excluding hydrogens is 424 g/mol. The van der Waals surface area contributed by atoms with Crippen molar-refractivity contribution in [3.63, 3.8) is 0 Å². The fraction of sp³-hybridized carbons (Fsp3) is 0.231. The minimum atomic E-state index is -0.303. The van der Waals surface area contributed by atoms with E-state index in [1.165, 1.54) is 11.1 Å². The smallest absolute Gasteiger partial charge is 0.262 e. The first kappa shape index (κ1) is 21.9. The van der Waals surface area contributed by atoms with Crippen LogP contribution in [0.2, 0.25) is 5.02 Å². The van der Waals surface area contributed by atoms with Gasteiger partial charge in [0, 0.05) is 5.56 Å². The summed E-state index contributed by atoms with van der Waals surface area (Å²) < 4.78 is 11.5. The Morgan fingerprint density at radius 1 is 1.09 bits per heavy atom. The van der Waals surface area contributed by atoms with Gasteiger partial charge in [0.15, 0.2) is 12.2 Å². The van der Waals surface area contributed by atoms with Gasteiger partial charge in [0.25, 0.3) is 5.91 Å². The van der Waals surface area contributed by atoms with Crippen LogP contribution in [-0.2, 0) is 11.2 Å². The molecule has 0 unspecified atom stereocenters. The van der Waals surface area contributed by atoms with Crippen LogP contribution in [0, 0.1) is 0 Å². The van der Waals surface area contributed by atoms with E-state index in [1.807, 2.05) is 48.5 Å². The molecule has 0 spiro atoms. The highest BCUT2D eigenvalue weighted by Crippen LogP contribution is 2.31. The van der Waals surface area contributed by atoms with Gasteiger partial charge in [-0.15, -0.1) is 0 Å². The van der Waals surface area contributed by atoms with Crippen molar-refractivity contribution in [2.24, 2.45) is 0 Å². The van der Waals surface area contributed by atoms with Crippen LogP contribution in [0.5, 0.6) is 5.75 Å². The molecule has 0 atom stereocenters. The molecule has 4 rings (SSSR count). The Balaban J connectivity index is 1.48. The Kier molecular flexibility index (Phi) is 6.47. The van der Waals surface area contributed by atoms with Gasteiger partial charge in [-0.3, -0.25) is 4.79 Å². The molecule has 1 N–H and O–H groups in total. The molecule has 164 valence electrons. The van der Waals surface area contributed by atoms with Gasteiger partial charge in [0.1, 0.15) is 11.3 Å². The Hall–Kier alpha value is -3.31. The number of nitrogens with zero attached hydrogens (tertiary/aromatic N) is 1. The number of aromatic nitrogens is 1. The molecule has 0 radical (unpaired) electrons. The molecule has 0 fully saturated rings. The van der Waals surface area contributed by atoms with Crippen molar-refractivity contribution in [3.05, 3.63) is 76.8 Å². The Morgan fingerprint density at radius 2 is 1.88 bits per heavy atom. The van der Waals surface area contributed by atoms with Gasteiger partial charge in [0.05, 0.1) is 10.7 Å². The van der Waals surface area contributed by atoms with E-state index in [9.17, 15) is 4.79 Å². The zero-order valence-electron chi connectivity index (χ0n) is 18.3. The summed E-state index contributed by atoms with van der Waals surface area (Å²) in [5, 5.41) is 3.23. The first-order valence-electron chi connectivity index (χ1n) is 10.6. The summed E-state index contributed by atoms with van der Waals surface area (Å²) in [5.41, 5.74) is 5.13. The number of ether oxygens (including phenoxy) is 1. The number of anilines is 1. The SMILES string of the molecule is CCc1ccc(OCC(=O)Nc2cc(-c3nc4cc(C(C)C)ccc4o3)ccc2Cl)cc1. The van der Waals surface area contributed by atoms with E-state index in [-0.39, 0.29) is 12.5 Å². The number of nitrogens with one attached hydrogen (secondary N) is 1. The van der Waals surface area contributed by atoms with Crippen LogP contribution in [0.15, 0.2) is 65.1 Å². The number of carbonyl (C=O) groups is 1. The highest BCUT2D eigenvalue weighted by molar-refractivity contribution is 6.33. The maximum absolute atomic E-state index is 12.4. The molecule has 0 saturated heterocycles. The normalized spacial score (nSPS) is 11.2. The van der Waals surface area contributed by atoms with Crippen LogP contribution in [0.25, 0.3) is 22.6 Å². The van der Waals surface area contributed by atoms with Gasteiger partial charge < -0.3 is 14.5 Å². The molecule has 32 heavy (non-hydrogen) atoms. The van der Waals surface area contributed by atoms with Crippen molar-refractivity contribution in [1.29, 1.82) is 0 Å². The summed E-state index contributed by atoms with van der Waals surface area (Å²) >= 11 is 6.31. The van der Waals surface area contributed by atoms with Gasteiger partial charge in [-0.2, -0.15) is 0 Å². The van der Waals surface area contributed by atoms with E-state index in [1.54, 1.807) is 12.1 Å². The molecule has 6 heteroatoms. The summed E-state index contributed by atoms with van der Waals surface area (Å²) in [6, 6.07) is 19.0. The standard InChI is InChI=1S/C26H25ClN2O3/c1-4-17-5-9-20(10-6-17)31-15-25(30)28-22-14-19(7-11-21(22)27)26-29-23-13-18(16(2)3)8-12-24(23)32-26/h5-14,16H,4,15H2,1-3H3,(H,28,30). The van der Waals surface area contributed by atoms with E-state index in [2.05, 4.69) is 31.1 Å². The van der Waals surface area contributed by atoms with Gasteiger partial charge >= 0.3 is 0 Å². The number of benzene rings is 3. The van der Waals surface area contributed by atoms with E-state index in [0.717, 1.165) is 17.5 Å². The molecule has 0 aliphatic heterocycles. The molecule has 1 amide bonds. The average molecular weight is 449 g/mol. The van der Waals surface area contributed by atoms with E-state index in [4.69, 9.17) is 20.8 Å². The lowest BCUT2D eigenvalue weighted by molar-refractivity contribution is -0.118. The van der Waals surface area contributed by atoms with Gasteiger partial charge in [-0.05, 0) is 65.9 Å². The fourth-order valence-electron chi connectivity index (χ4n) is 3.34. The third kappa shape index (κ3) is 4.94. The number of halogens is 1. The van der Waals surface area contributed by atoms with Crippen molar-refractivity contribution < 1.29 is 13.9 Å². The third-order valence-electron chi connectivity index (χ3n) is 5.27. The molecule has 0 aliphatic carbocycles. The van der Waals surface area contributed by atoms with Crippen molar-refractivity contribution in [2.45, 2.75) is 33.1 Å². The summed E-state index contributed by atoms with van der Waals surface area (Å²) in [7, 11) is 0. The molecule has 3 aromatic carbocycles. The summed E-state index contributed by atoms with van der Waals surface area (Å²) in [4.78, 5) is 17.0. The highest BCUT2D eigenvalue weighted by atomic mass is 35.5. The number of aryl methyl sites for hydroxylation is 1. The van der Waals surface area contributed by atoms with Crippen LogP contribution in [0.1, 0.15) is 37.8 Å².